The van der Waals surface area contributed by atoms with Gasteiger partial charge in [-0.3, -0.25) is 4.79 Å². The summed E-state index contributed by atoms with van der Waals surface area (Å²) < 4.78 is 12.0. The summed E-state index contributed by atoms with van der Waals surface area (Å²) >= 11 is 6.86. The van der Waals surface area contributed by atoms with E-state index in [0.717, 1.165) is 34.6 Å². The fourth-order valence-electron chi connectivity index (χ4n) is 7.46. The van der Waals surface area contributed by atoms with Crippen molar-refractivity contribution in [3.63, 3.8) is 0 Å². The van der Waals surface area contributed by atoms with Crippen LogP contribution in [-0.4, -0.2) is 21.4 Å². The Kier molecular flexibility index (Phi) is 6.85. The minimum Gasteiger partial charge on any atom is -0.543 e. The van der Waals surface area contributed by atoms with Crippen LogP contribution in [0.4, 0.5) is 0 Å². The van der Waals surface area contributed by atoms with Crippen molar-refractivity contribution in [3.05, 3.63) is 52.0 Å². The second kappa shape index (κ2) is 9.45. The number of hydrogen-bond acceptors (Lipinski definition) is 3. The predicted octanol–water partition coefficient (Wildman–Crippen LogP) is 8.88. The highest BCUT2D eigenvalue weighted by Crippen LogP contribution is 2.62. The van der Waals surface area contributed by atoms with Gasteiger partial charge in [0.1, 0.15) is 5.75 Å². The standard InChI is InChI=1S/C32H43ClO3Si/c1-20-10-29(36-37(6,7)31(2,3)4)27(32-17-22-11-23(18-32)13-24(12-22)19-32)16-26(20)25-9-8-21(14-28(25)33)15-30(34)35-5/h8-10,14,16,22-24H,11-13,15,17-19H2,1-7H3. The molecule has 0 radical (unpaired) electrons. The molecule has 2 aromatic rings. The number of methoxy groups -OCH3 is 1. The van der Waals surface area contributed by atoms with E-state index >= 15 is 0 Å². The number of carbonyl (C=O) groups excluding carboxylic acids is 1. The van der Waals surface area contributed by atoms with E-state index in [0.29, 0.717) is 5.02 Å². The molecule has 4 bridgehead atoms. The van der Waals surface area contributed by atoms with Crippen molar-refractivity contribution in [3.8, 4) is 16.9 Å². The Morgan fingerprint density at radius 3 is 2.11 bits per heavy atom. The molecule has 0 aliphatic heterocycles. The Morgan fingerprint density at radius 1 is 1.00 bits per heavy atom. The van der Waals surface area contributed by atoms with Crippen LogP contribution in [0.2, 0.25) is 23.2 Å². The quantitative estimate of drug-likeness (QED) is 0.272. The van der Waals surface area contributed by atoms with Gasteiger partial charge in [-0.15, -0.1) is 0 Å². The van der Waals surface area contributed by atoms with Gasteiger partial charge in [-0.1, -0.05) is 44.5 Å². The van der Waals surface area contributed by atoms with E-state index in [4.69, 9.17) is 20.8 Å². The first-order valence-electron chi connectivity index (χ1n) is 14.0. The maximum Gasteiger partial charge on any atom is 0.309 e. The van der Waals surface area contributed by atoms with Gasteiger partial charge in [0.2, 0.25) is 8.32 Å². The molecule has 0 saturated heterocycles. The number of halogens is 1. The van der Waals surface area contributed by atoms with Gasteiger partial charge in [-0.2, -0.15) is 0 Å². The van der Waals surface area contributed by atoms with Gasteiger partial charge < -0.3 is 9.16 Å². The molecule has 0 N–H and O–H groups in total. The Morgan fingerprint density at radius 2 is 1.59 bits per heavy atom. The summed E-state index contributed by atoms with van der Waals surface area (Å²) in [5.41, 5.74) is 5.90. The molecule has 0 spiro atoms. The molecule has 5 heteroatoms. The monoisotopic (exact) mass is 538 g/mol. The van der Waals surface area contributed by atoms with Crippen LogP contribution >= 0.6 is 11.6 Å². The summed E-state index contributed by atoms with van der Waals surface area (Å²) in [5.74, 6) is 3.44. The van der Waals surface area contributed by atoms with Crippen LogP contribution in [0.3, 0.4) is 0 Å². The van der Waals surface area contributed by atoms with Gasteiger partial charge in [0.15, 0.2) is 0 Å². The van der Waals surface area contributed by atoms with Crippen molar-refractivity contribution in [2.75, 3.05) is 7.11 Å². The average molecular weight is 539 g/mol. The fourth-order valence-corrected chi connectivity index (χ4v) is 8.79. The van der Waals surface area contributed by atoms with E-state index in [1.54, 1.807) is 0 Å². The first-order chi connectivity index (χ1) is 17.3. The van der Waals surface area contributed by atoms with Crippen LogP contribution in [0.5, 0.6) is 5.75 Å². The van der Waals surface area contributed by atoms with Gasteiger partial charge in [0, 0.05) is 10.6 Å². The molecule has 3 nitrogen and oxygen atoms in total. The summed E-state index contributed by atoms with van der Waals surface area (Å²) in [6, 6.07) is 10.7. The van der Waals surface area contributed by atoms with Crippen LogP contribution in [0.15, 0.2) is 30.3 Å². The highest BCUT2D eigenvalue weighted by molar-refractivity contribution is 6.74. The lowest BCUT2D eigenvalue weighted by Crippen LogP contribution is -2.49. The molecule has 0 atom stereocenters. The molecular weight excluding hydrogens is 496 g/mol. The van der Waals surface area contributed by atoms with E-state index in [2.05, 4.69) is 59.0 Å². The highest BCUT2D eigenvalue weighted by Gasteiger charge is 2.53. The molecule has 4 aliphatic carbocycles. The molecule has 4 fully saturated rings. The largest absolute Gasteiger partial charge is 0.543 e. The molecule has 0 amide bonds. The minimum absolute atomic E-state index is 0.136. The Hall–Kier alpha value is -1.78. The van der Waals surface area contributed by atoms with E-state index in [1.165, 1.54) is 62.3 Å². The van der Waals surface area contributed by atoms with E-state index in [9.17, 15) is 4.79 Å². The summed E-state index contributed by atoms with van der Waals surface area (Å²) in [7, 11) is -0.601. The Labute approximate surface area is 229 Å². The molecule has 4 saturated carbocycles. The normalized spacial score (nSPS) is 26.9. The SMILES string of the molecule is COC(=O)Cc1ccc(-c2cc(C34CC5CC(CC(C5)C3)C4)c(O[Si](C)(C)C(C)(C)C)cc2C)c(Cl)c1. The second-order valence-corrected chi connectivity index (χ2v) is 18.9. The summed E-state index contributed by atoms with van der Waals surface area (Å²) in [6.07, 6.45) is 8.37. The fraction of sp³-hybridized carbons (Fsp3) is 0.594. The number of rotatable bonds is 6. The zero-order chi connectivity index (χ0) is 26.8. The van der Waals surface area contributed by atoms with Crippen molar-refractivity contribution in [2.24, 2.45) is 17.8 Å². The molecular formula is C32H43ClO3Si. The van der Waals surface area contributed by atoms with Crippen molar-refractivity contribution in [2.45, 2.75) is 96.2 Å². The van der Waals surface area contributed by atoms with Crippen molar-refractivity contribution >= 4 is 25.9 Å². The topological polar surface area (TPSA) is 35.5 Å². The van der Waals surface area contributed by atoms with Gasteiger partial charge in [-0.05, 0) is 127 Å². The molecule has 0 heterocycles. The maximum absolute atomic E-state index is 11.8. The molecule has 0 aromatic heterocycles. The number of aryl methyl sites for hydroxylation is 1. The van der Waals surface area contributed by atoms with Crippen molar-refractivity contribution in [1.82, 2.24) is 0 Å². The average Bonchev–Trinajstić information content (AvgIpc) is 2.77. The van der Waals surface area contributed by atoms with E-state index in [-0.39, 0.29) is 22.8 Å². The van der Waals surface area contributed by atoms with E-state index in [1.807, 2.05) is 12.1 Å². The molecule has 37 heavy (non-hydrogen) atoms. The third-order valence-corrected chi connectivity index (χ3v) is 14.7. The van der Waals surface area contributed by atoms with E-state index < -0.39 is 8.32 Å². The molecule has 2 aromatic carbocycles. The van der Waals surface area contributed by atoms with Crippen LogP contribution in [-0.2, 0) is 21.4 Å². The maximum atomic E-state index is 11.8. The Bertz CT molecular complexity index is 1170. The number of hydrogen-bond donors (Lipinski definition) is 0. The summed E-state index contributed by atoms with van der Waals surface area (Å²) in [5, 5.41) is 0.816. The molecule has 6 rings (SSSR count). The smallest absolute Gasteiger partial charge is 0.309 e. The zero-order valence-corrected chi connectivity index (χ0v) is 25.4. The number of esters is 1. The highest BCUT2D eigenvalue weighted by atomic mass is 35.5. The predicted molar refractivity (Wildman–Crippen MR) is 155 cm³/mol. The summed E-state index contributed by atoms with van der Waals surface area (Å²) in [4.78, 5) is 11.8. The molecule has 0 unspecified atom stereocenters. The second-order valence-electron chi connectivity index (χ2n) is 13.8. The van der Waals surface area contributed by atoms with Crippen LogP contribution in [0, 0.1) is 24.7 Å². The van der Waals surface area contributed by atoms with Crippen molar-refractivity contribution in [1.29, 1.82) is 0 Å². The third-order valence-electron chi connectivity index (χ3n) is 10.0. The molecule has 200 valence electrons. The lowest BCUT2D eigenvalue weighted by atomic mass is 9.48. The molecule has 4 aliphatic rings. The first kappa shape index (κ1) is 26.8. The van der Waals surface area contributed by atoms with Crippen LogP contribution in [0.1, 0.15) is 76.0 Å². The number of ether oxygens (including phenoxy) is 1. The number of carbonyl (C=O) groups is 1. The first-order valence-corrected chi connectivity index (χ1v) is 17.3. The Balaban J connectivity index is 1.61. The van der Waals surface area contributed by atoms with Gasteiger partial charge in [-0.25, -0.2) is 0 Å². The van der Waals surface area contributed by atoms with Gasteiger partial charge >= 0.3 is 5.97 Å². The lowest BCUT2D eigenvalue weighted by molar-refractivity contribution is -0.139. The van der Waals surface area contributed by atoms with Crippen LogP contribution < -0.4 is 4.43 Å². The van der Waals surface area contributed by atoms with Crippen molar-refractivity contribution < 1.29 is 14.0 Å². The lowest BCUT2D eigenvalue weighted by Gasteiger charge is -2.57. The summed E-state index contributed by atoms with van der Waals surface area (Å²) in [6.45, 7) is 13.9. The zero-order valence-electron chi connectivity index (χ0n) is 23.7. The third kappa shape index (κ3) is 5.01. The van der Waals surface area contributed by atoms with Gasteiger partial charge in [0.25, 0.3) is 0 Å². The van der Waals surface area contributed by atoms with Gasteiger partial charge in [0.05, 0.1) is 13.5 Å². The minimum atomic E-state index is -2.02. The van der Waals surface area contributed by atoms with Crippen LogP contribution in [0.25, 0.3) is 11.1 Å². The number of benzene rings is 2.